The van der Waals surface area contributed by atoms with Crippen LogP contribution >= 0.6 is 0 Å². The molecular weight excluding hydrogens is 306 g/mol. The first-order chi connectivity index (χ1) is 11.5. The van der Waals surface area contributed by atoms with Gasteiger partial charge in [-0.25, -0.2) is 0 Å². The minimum Gasteiger partial charge on any atom is -0.497 e. The number of hydrogen-bond acceptors (Lipinski definition) is 4. The lowest BCUT2D eigenvalue weighted by Crippen LogP contribution is -2.43. The van der Waals surface area contributed by atoms with Gasteiger partial charge in [0.2, 0.25) is 11.8 Å². The van der Waals surface area contributed by atoms with E-state index >= 15 is 0 Å². The molecule has 0 bridgehead atoms. The van der Waals surface area contributed by atoms with Crippen LogP contribution in [0.25, 0.3) is 0 Å². The molecule has 1 aliphatic heterocycles. The average Bonchev–Trinajstić information content (AvgIpc) is 2.80. The van der Waals surface area contributed by atoms with Gasteiger partial charge >= 0.3 is 0 Å². The maximum absolute atomic E-state index is 12.8. The summed E-state index contributed by atoms with van der Waals surface area (Å²) in [6, 6.07) is 8.00. The summed E-state index contributed by atoms with van der Waals surface area (Å²) in [4.78, 5) is 27.4. The molecule has 2 amide bonds. The molecule has 1 heterocycles. The van der Waals surface area contributed by atoms with Crippen LogP contribution in [-0.2, 0) is 9.59 Å². The summed E-state index contributed by atoms with van der Waals surface area (Å²) in [6.07, 6.45) is 4.21. The number of carbonyl (C=O) groups excluding carboxylic acids is 2. The van der Waals surface area contributed by atoms with Crippen molar-refractivity contribution in [2.45, 2.75) is 31.7 Å². The number of nitrogens with zero attached hydrogens (tertiary/aromatic N) is 2. The summed E-state index contributed by atoms with van der Waals surface area (Å²) < 4.78 is 5.21. The van der Waals surface area contributed by atoms with Gasteiger partial charge in [-0.1, -0.05) is 25.0 Å². The Bertz CT molecular complexity index is 559. The lowest BCUT2D eigenvalue weighted by atomic mass is 10.0. The number of methoxy groups -OCH3 is 1. The van der Waals surface area contributed by atoms with Crippen molar-refractivity contribution in [3.05, 3.63) is 29.8 Å². The zero-order valence-electron chi connectivity index (χ0n) is 14.5. The van der Waals surface area contributed by atoms with Gasteiger partial charge in [-0.2, -0.15) is 0 Å². The number of primary amides is 1. The van der Waals surface area contributed by atoms with E-state index in [9.17, 15) is 9.59 Å². The quantitative estimate of drug-likeness (QED) is 0.857. The molecule has 1 unspecified atom stereocenters. The number of likely N-dealkylation sites (N-methyl/N-ethyl adjacent to an activating group) is 1. The van der Waals surface area contributed by atoms with E-state index in [2.05, 4.69) is 0 Å². The molecule has 1 atom stereocenters. The van der Waals surface area contributed by atoms with Crippen LogP contribution in [0.4, 0.5) is 0 Å². The van der Waals surface area contributed by atoms with Crippen molar-refractivity contribution in [2.75, 3.05) is 33.8 Å². The van der Waals surface area contributed by atoms with Crippen LogP contribution in [-0.4, -0.2) is 55.4 Å². The molecule has 0 aromatic heterocycles. The summed E-state index contributed by atoms with van der Waals surface area (Å²) in [5.41, 5.74) is 6.33. The summed E-state index contributed by atoms with van der Waals surface area (Å²) in [5, 5.41) is 0. The Morgan fingerprint density at radius 3 is 2.54 bits per heavy atom. The summed E-state index contributed by atoms with van der Waals surface area (Å²) in [7, 11) is 3.38. The molecule has 6 nitrogen and oxygen atoms in total. The van der Waals surface area contributed by atoms with Crippen LogP contribution in [0.5, 0.6) is 5.75 Å². The van der Waals surface area contributed by atoms with Crippen molar-refractivity contribution in [1.82, 2.24) is 9.80 Å². The summed E-state index contributed by atoms with van der Waals surface area (Å²) in [6.45, 7) is 1.04. The van der Waals surface area contributed by atoms with Gasteiger partial charge in [0, 0.05) is 6.54 Å². The normalized spacial score (nSPS) is 18.3. The Balaban J connectivity index is 2.13. The van der Waals surface area contributed by atoms with E-state index in [-0.39, 0.29) is 25.0 Å². The molecule has 1 aromatic rings. The van der Waals surface area contributed by atoms with Crippen LogP contribution in [0.3, 0.4) is 0 Å². The fraction of sp³-hybridized carbons (Fsp3) is 0.556. The molecule has 1 fully saturated rings. The number of hydrogen-bond donors (Lipinski definition) is 1. The highest BCUT2D eigenvalue weighted by molar-refractivity contribution is 5.80. The molecule has 0 aliphatic carbocycles. The Hall–Kier alpha value is -2.08. The first kappa shape index (κ1) is 18.3. The van der Waals surface area contributed by atoms with E-state index in [1.54, 1.807) is 19.1 Å². The first-order valence-electron chi connectivity index (χ1n) is 8.41. The maximum atomic E-state index is 12.8. The Labute approximate surface area is 143 Å². The predicted octanol–water partition coefficient (Wildman–Crippen LogP) is 1.56. The third-order valence-electron chi connectivity index (χ3n) is 4.40. The topological polar surface area (TPSA) is 75.9 Å². The molecule has 132 valence electrons. The van der Waals surface area contributed by atoms with Gasteiger partial charge in [-0.15, -0.1) is 0 Å². The van der Waals surface area contributed by atoms with E-state index in [1.165, 1.54) is 0 Å². The summed E-state index contributed by atoms with van der Waals surface area (Å²) in [5.74, 6) is 0.431. The smallest absolute Gasteiger partial charge is 0.237 e. The molecule has 0 saturated carbocycles. The van der Waals surface area contributed by atoms with Gasteiger partial charge in [0.05, 0.1) is 26.2 Å². The number of ether oxygens (including phenoxy) is 1. The Morgan fingerprint density at radius 1 is 1.21 bits per heavy atom. The molecule has 0 spiro atoms. The van der Waals surface area contributed by atoms with Crippen molar-refractivity contribution >= 4 is 11.8 Å². The highest BCUT2D eigenvalue weighted by Gasteiger charge is 2.27. The van der Waals surface area contributed by atoms with Crippen LogP contribution in [0.1, 0.15) is 37.3 Å². The molecule has 1 saturated heterocycles. The highest BCUT2D eigenvalue weighted by atomic mass is 16.5. The largest absolute Gasteiger partial charge is 0.497 e. The number of carbonyl (C=O) groups is 2. The van der Waals surface area contributed by atoms with Crippen molar-refractivity contribution in [1.29, 1.82) is 0 Å². The van der Waals surface area contributed by atoms with Crippen LogP contribution in [0, 0.1) is 0 Å². The minimum absolute atomic E-state index is 0.0430. The monoisotopic (exact) mass is 333 g/mol. The minimum atomic E-state index is -0.423. The zero-order valence-corrected chi connectivity index (χ0v) is 14.5. The van der Waals surface area contributed by atoms with Gasteiger partial charge in [-0.3, -0.25) is 14.5 Å². The van der Waals surface area contributed by atoms with Crippen molar-refractivity contribution < 1.29 is 14.3 Å². The molecule has 2 N–H and O–H groups in total. The lowest BCUT2D eigenvalue weighted by Gasteiger charge is -2.32. The van der Waals surface area contributed by atoms with E-state index < -0.39 is 5.91 Å². The fourth-order valence-corrected chi connectivity index (χ4v) is 3.22. The number of rotatable bonds is 6. The Morgan fingerprint density at radius 2 is 1.92 bits per heavy atom. The molecule has 6 heteroatoms. The average molecular weight is 333 g/mol. The molecule has 0 radical (unpaired) electrons. The standard InChI is InChI=1S/C18H27N3O3/c1-20(12-17(19)22)13-18(23)21-11-5-3-4-6-16(21)14-7-9-15(24-2)10-8-14/h7-10,16H,3-6,11-13H2,1-2H3,(H2,19,22). The first-order valence-corrected chi connectivity index (χ1v) is 8.41. The second kappa shape index (κ2) is 8.68. The van der Waals surface area contributed by atoms with Crippen LogP contribution in [0.15, 0.2) is 24.3 Å². The van der Waals surface area contributed by atoms with Crippen LogP contribution in [0.2, 0.25) is 0 Å². The predicted molar refractivity (Wildman–Crippen MR) is 92.6 cm³/mol. The van der Waals surface area contributed by atoms with E-state index in [4.69, 9.17) is 10.5 Å². The van der Waals surface area contributed by atoms with E-state index in [1.807, 2.05) is 29.2 Å². The van der Waals surface area contributed by atoms with Gasteiger partial charge < -0.3 is 15.4 Å². The third kappa shape index (κ3) is 4.96. The second-order valence-electron chi connectivity index (χ2n) is 6.36. The molecule has 24 heavy (non-hydrogen) atoms. The second-order valence-corrected chi connectivity index (χ2v) is 6.36. The number of amides is 2. The molecule has 1 aromatic carbocycles. The number of benzene rings is 1. The van der Waals surface area contributed by atoms with E-state index in [0.717, 1.165) is 43.5 Å². The fourth-order valence-electron chi connectivity index (χ4n) is 3.22. The third-order valence-corrected chi connectivity index (χ3v) is 4.40. The van der Waals surface area contributed by atoms with Gasteiger partial charge in [0.25, 0.3) is 0 Å². The van der Waals surface area contributed by atoms with Crippen molar-refractivity contribution in [2.24, 2.45) is 5.73 Å². The van der Waals surface area contributed by atoms with E-state index in [0.29, 0.717) is 0 Å². The Kier molecular flexibility index (Phi) is 6.61. The zero-order chi connectivity index (χ0) is 17.5. The van der Waals surface area contributed by atoms with Crippen molar-refractivity contribution in [3.63, 3.8) is 0 Å². The van der Waals surface area contributed by atoms with Crippen molar-refractivity contribution in [3.8, 4) is 5.75 Å². The number of likely N-dealkylation sites (tertiary alicyclic amines) is 1. The SMILES string of the molecule is COc1ccc(C2CCCCCN2C(=O)CN(C)CC(N)=O)cc1. The highest BCUT2D eigenvalue weighted by Crippen LogP contribution is 2.31. The summed E-state index contributed by atoms with van der Waals surface area (Å²) >= 11 is 0. The lowest BCUT2D eigenvalue weighted by molar-refractivity contribution is -0.134. The van der Waals surface area contributed by atoms with Gasteiger partial charge in [-0.05, 0) is 37.6 Å². The van der Waals surface area contributed by atoms with Crippen LogP contribution < -0.4 is 10.5 Å². The molecule has 2 rings (SSSR count). The van der Waals surface area contributed by atoms with Gasteiger partial charge in [0.1, 0.15) is 5.75 Å². The maximum Gasteiger partial charge on any atom is 0.237 e. The van der Waals surface area contributed by atoms with Gasteiger partial charge in [0.15, 0.2) is 0 Å². The molecule has 1 aliphatic rings. The number of nitrogens with two attached hydrogens (primary N) is 1. The molecular formula is C18H27N3O3.